The van der Waals surface area contributed by atoms with Crippen LogP contribution in [0.1, 0.15) is 5.56 Å². The van der Waals surface area contributed by atoms with Crippen molar-refractivity contribution in [1.29, 1.82) is 0 Å². The number of sulfone groups is 1. The summed E-state index contributed by atoms with van der Waals surface area (Å²) in [5, 5.41) is 3.42. The smallest absolute Gasteiger partial charge is 0.275 e. The standard InChI is InChI=1S/C16H11ClF3N3O2S2/c1-22-15(26)23(9-21-22)10-2-4-11(5-3-10)27(24,25)12-6-7-14(17)13(8-12)16(18,19)20/h2-9H,1H3. The van der Waals surface area contributed by atoms with Gasteiger partial charge < -0.3 is 0 Å². The Hall–Kier alpha value is -2.17. The highest BCUT2D eigenvalue weighted by atomic mass is 35.5. The minimum atomic E-state index is -4.76. The number of alkyl halides is 3. The first-order valence-electron chi connectivity index (χ1n) is 7.35. The molecular formula is C16H11ClF3N3O2S2. The molecule has 0 N–H and O–H groups in total. The summed E-state index contributed by atoms with van der Waals surface area (Å²) >= 11 is 10.7. The third-order valence-electron chi connectivity index (χ3n) is 3.80. The predicted octanol–water partition coefficient (Wildman–Crippen LogP) is 4.45. The van der Waals surface area contributed by atoms with Crippen LogP contribution in [0.15, 0.2) is 58.6 Å². The minimum Gasteiger partial charge on any atom is -0.275 e. The predicted molar refractivity (Wildman–Crippen MR) is 95.3 cm³/mol. The molecule has 3 aromatic rings. The van der Waals surface area contributed by atoms with Crippen molar-refractivity contribution < 1.29 is 21.6 Å². The van der Waals surface area contributed by atoms with Gasteiger partial charge in [0.2, 0.25) is 14.6 Å². The third kappa shape index (κ3) is 3.64. The van der Waals surface area contributed by atoms with Crippen LogP contribution in [0.25, 0.3) is 5.69 Å². The van der Waals surface area contributed by atoms with Gasteiger partial charge in [0.25, 0.3) is 0 Å². The summed E-state index contributed by atoms with van der Waals surface area (Å²) < 4.78 is 67.8. The second-order valence-electron chi connectivity index (χ2n) is 5.54. The first-order chi connectivity index (χ1) is 12.5. The number of halogens is 4. The molecule has 1 heterocycles. The fourth-order valence-corrected chi connectivity index (χ4v) is 4.08. The van der Waals surface area contributed by atoms with Crippen molar-refractivity contribution >= 4 is 33.7 Å². The van der Waals surface area contributed by atoms with E-state index in [4.69, 9.17) is 23.8 Å². The number of hydrogen-bond acceptors (Lipinski definition) is 4. The van der Waals surface area contributed by atoms with Crippen LogP contribution in [-0.2, 0) is 23.1 Å². The van der Waals surface area contributed by atoms with Crippen LogP contribution in [0, 0.1) is 4.77 Å². The highest BCUT2D eigenvalue weighted by molar-refractivity contribution is 7.91. The van der Waals surface area contributed by atoms with Gasteiger partial charge in [0.1, 0.15) is 6.33 Å². The maximum absolute atomic E-state index is 13.0. The van der Waals surface area contributed by atoms with E-state index in [0.717, 1.165) is 12.1 Å². The zero-order valence-electron chi connectivity index (χ0n) is 13.6. The molecular weight excluding hydrogens is 423 g/mol. The van der Waals surface area contributed by atoms with Gasteiger partial charge in [-0.2, -0.15) is 18.3 Å². The van der Waals surface area contributed by atoms with Gasteiger partial charge in [0.15, 0.2) is 0 Å². The molecule has 0 amide bonds. The molecule has 0 atom stereocenters. The molecule has 0 spiro atoms. The van der Waals surface area contributed by atoms with E-state index in [1.165, 1.54) is 35.3 Å². The molecule has 0 fully saturated rings. The van der Waals surface area contributed by atoms with Crippen LogP contribution >= 0.6 is 23.8 Å². The van der Waals surface area contributed by atoms with E-state index in [1.807, 2.05) is 0 Å². The van der Waals surface area contributed by atoms with Gasteiger partial charge >= 0.3 is 6.18 Å². The summed E-state index contributed by atoms with van der Waals surface area (Å²) in [7, 11) is -2.49. The number of hydrogen-bond donors (Lipinski definition) is 0. The van der Waals surface area contributed by atoms with Gasteiger partial charge in [-0.05, 0) is 54.7 Å². The van der Waals surface area contributed by atoms with Gasteiger partial charge in [-0.1, -0.05) is 11.6 Å². The molecule has 3 rings (SSSR count). The van der Waals surface area contributed by atoms with Gasteiger partial charge in [0, 0.05) is 12.7 Å². The molecule has 11 heteroatoms. The largest absolute Gasteiger partial charge is 0.417 e. The maximum Gasteiger partial charge on any atom is 0.417 e. The molecule has 2 aromatic carbocycles. The summed E-state index contributed by atoms with van der Waals surface area (Å²) in [6, 6.07) is 8.06. The molecule has 0 unspecified atom stereocenters. The second kappa shape index (κ2) is 6.77. The molecule has 0 saturated carbocycles. The van der Waals surface area contributed by atoms with E-state index in [1.54, 1.807) is 11.6 Å². The zero-order valence-corrected chi connectivity index (χ0v) is 16.0. The van der Waals surface area contributed by atoms with E-state index in [9.17, 15) is 21.6 Å². The van der Waals surface area contributed by atoms with Crippen molar-refractivity contribution in [2.75, 3.05) is 0 Å². The molecule has 27 heavy (non-hydrogen) atoms. The van der Waals surface area contributed by atoms with Crippen LogP contribution in [0.3, 0.4) is 0 Å². The molecule has 0 aliphatic carbocycles. The third-order valence-corrected chi connectivity index (χ3v) is 6.36. The molecule has 5 nitrogen and oxygen atoms in total. The van der Waals surface area contributed by atoms with Crippen LogP contribution in [0.2, 0.25) is 5.02 Å². The van der Waals surface area contributed by atoms with Crippen LogP contribution in [0.5, 0.6) is 0 Å². The topological polar surface area (TPSA) is 56.9 Å². The maximum atomic E-state index is 13.0. The van der Waals surface area contributed by atoms with Crippen molar-refractivity contribution in [2.45, 2.75) is 16.0 Å². The number of rotatable bonds is 3. The van der Waals surface area contributed by atoms with E-state index >= 15 is 0 Å². The Kier molecular flexibility index (Phi) is 4.91. The quantitative estimate of drug-likeness (QED) is 0.573. The number of aryl methyl sites for hydroxylation is 1. The second-order valence-corrected chi connectivity index (χ2v) is 8.27. The van der Waals surface area contributed by atoms with E-state index in [-0.39, 0.29) is 4.90 Å². The Bertz CT molecular complexity index is 1170. The lowest BCUT2D eigenvalue weighted by Gasteiger charge is -2.12. The number of nitrogens with zero attached hydrogens (tertiary/aromatic N) is 3. The fourth-order valence-electron chi connectivity index (χ4n) is 2.37. The Morgan fingerprint density at radius 2 is 1.67 bits per heavy atom. The van der Waals surface area contributed by atoms with E-state index in [2.05, 4.69) is 5.10 Å². The SMILES string of the molecule is Cn1ncn(-c2ccc(S(=O)(=O)c3ccc(Cl)c(C(F)(F)F)c3)cc2)c1=S. The van der Waals surface area contributed by atoms with Crippen molar-refractivity contribution in [2.24, 2.45) is 7.05 Å². The van der Waals surface area contributed by atoms with Gasteiger partial charge in [-0.15, -0.1) is 0 Å². The Labute approximate surface area is 162 Å². The number of aromatic nitrogens is 3. The zero-order chi connectivity index (χ0) is 20.0. The van der Waals surface area contributed by atoms with Crippen LogP contribution in [0.4, 0.5) is 13.2 Å². The lowest BCUT2D eigenvalue weighted by atomic mass is 10.2. The average Bonchev–Trinajstić information content (AvgIpc) is 2.93. The summed E-state index contributed by atoms with van der Waals surface area (Å²) in [5.41, 5.74) is -0.636. The van der Waals surface area contributed by atoms with Crippen molar-refractivity contribution in [3.05, 3.63) is 64.1 Å². The summed E-state index contributed by atoms with van der Waals surface area (Å²) in [4.78, 5) is -0.651. The molecule has 0 radical (unpaired) electrons. The highest BCUT2D eigenvalue weighted by Gasteiger charge is 2.34. The average molecular weight is 434 g/mol. The Morgan fingerprint density at radius 3 is 2.19 bits per heavy atom. The molecule has 1 aromatic heterocycles. The molecule has 0 aliphatic heterocycles. The lowest BCUT2D eigenvalue weighted by Crippen LogP contribution is -2.09. The normalized spacial score (nSPS) is 12.3. The summed E-state index contributed by atoms with van der Waals surface area (Å²) in [6.45, 7) is 0. The van der Waals surface area contributed by atoms with Crippen molar-refractivity contribution in [3.63, 3.8) is 0 Å². The Morgan fingerprint density at radius 1 is 1.07 bits per heavy atom. The van der Waals surface area contributed by atoms with Crippen molar-refractivity contribution in [3.8, 4) is 5.69 Å². The van der Waals surface area contributed by atoms with Crippen molar-refractivity contribution in [1.82, 2.24) is 14.3 Å². The highest BCUT2D eigenvalue weighted by Crippen LogP contribution is 2.37. The minimum absolute atomic E-state index is 0.155. The van der Waals surface area contributed by atoms with Crippen LogP contribution < -0.4 is 0 Å². The molecule has 142 valence electrons. The molecule has 0 saturated heterocycles. The van der Waals surface area contributed by atoms with Gasteiger partial charge in [-0.25, -0.2) is 13.1 Å². The summed E-state index contributed by atoms with van der Waals surface area (Å²) in [5.74, 6) is 0. The monoisotopic (exact) mass is 433 g/mol. The first-order valence-corrected chi connectivity index (χ1v) is 9.61. The number of benzene rings is 2. The molecule has 0 aliphatic rings. The van der Waals surface area contributed by atoms with Gasteiger partial charge in [0.05, 0.1) is 20.4 Å². The van der Waals surface area contributed by atoms with E-state index < -0.39 is 31.5 Å². The Balaban J connectivity index is 2.03. The molecule has 0 bridgehead atoms. The lowest BCUT2D eigenvalue weighted by molar-refractivity contribution is -0.137. The fraction of sp³-hybridized carbons (Fsp3) is 0.125. The van der Waals surface area contributed by atoms with Crippen LogP contribution in [-0.4, -0.2) is 22.8 Å². The van der Waals surface area contributed by atoms with E-state index in [0.29, 0.717) is 16.5 Å². The summed E-state index contributed by atoms with van der Waals surface area (Å²) in [6.07, 6.45) is -3.29. The van der Waals surface area contributed by atoms with Gasteiger partial charge in [-0.3, -0.25) is 4.57 Å². The first kappa shape index (κ1) is 19.6.